The van der Waals surface area contributed by atoms with Crippen LogP contribution in [0.3, 0.4) is 0 Å². The molecule has 0 aliphatic heterocycles. The first-order valence-electron chi connectivity index (χ1n) is 4.95. The minimum atomic E-state index is 0.131. The standard InChI is InChI=1S/C12H16O/c1-8-10(13)6-7-12(2,3)11(8)9-4-5-9/h6-7,9,11H,1,4-5H2,2-3H3. The molecule has 1 heteroatoms. The fourth-order valence-electron chi connectivity index (χ4n) is 2.43. The van der Waals surface area contributed by atoms with Crippen LogP contribution < -0.4 is 0 Å². The quantitative estimate of drug-likeness (QED) is 0.561. The van der Waals surface area contributed by atoms with Crippen LogP contribution in [0.5, 0.6) is 0 Å². The molecule has 0 N–H and O–H groups in total. The number of hydrogen-bond donors (Lipinski definition) is 0. The summed E-state index contributed by atoms with van der Waals surface area (Å²) in [5, 5.41) is 0. The van der Waals surface area contributed by atoms with Crippen molar-refractivity contribution in [2.75, 3.05) is 0 Å². The van der Waals surface area contributed by atoms with Crippen LogP contribution in [-0.4, -0.2) is 5.78 Å². The lowest BCUT2D eigenvalue weighted by molar-refractivity contribution is -0.112. The van der Waals surface area contributed by atoms with Crippen LogP contribution in [0, 0.1) is 17.3 Å². The summed E-state index contributed by atoms with van der Waals surface area (Å²) in [6.07, 6.45) is 6.27. The van der Waals surface area contributed by atoms with Crippen molar-refractivity contribution in [3.05, 3.63) is 24.3 Å². The first kappa shape index (κ1) is 8.74. The predicted octanol–water partition coefficient (Wildman–Crippen LogP) is 2.73. The Hall–Kier alpha value is -0.850. The lowest BCUT2D eigenvalue weighted by Crippen LogP contribution is -2.31. The van der Waals surface area contributed by atoms with Crippen LogP contribution in [0.15, 0.2) is 24.3 Å². The Balaban J connectivity index is 2.35. The van der Waals surface area contributed by atoms with E-state index in [-0.39, 0.29) is 11.2 Å². The molecule has 1 unspecified atom stereocenters. The van der Waals surface area contributed by atoms with E-state index in [0.717, 1.165) is 11.5 Å². The van der Waals surface area contributed by atoms with Gasteiger partial charge in [-0.2, -0.15) is 0 Å². The van der Waals surface area contributed by atoms with E-state index in [1.165, 1.54) is 12.8 Å². The van der Waals surface area contributed by atoms with Gasteiger partial charge in [-0.1, -0.05) is 26.5 Å². The zero-order chi connectivity index (χ0) is 9.64. The molecule has 0 spiro atoms. The third-order valence-electron chi connectivity index (χ3n) is 3.25. The van der Waals surface area contributed by atoms with Gasteiger partial charge in [-0.25, -0.2) is 0 Å². The summed E-state index contributed by atoms with van der Waals surface area (Å²) < 4.78 is 0. The maximum atomic E-state index is 11.4. The fraction of sp³-hybridized carbons (Fsp3) is 0.583. The normalized spacial score (nSPS) is 32.3. The van der Waals surface area contributed by atoms with Crippen molar-refractivity contribution in [3.8, 4) is 0 Å². The highest BCUT2D eigenvalue weighted by molar-refractivity contribution is 6.05. The van der Waals surface area contributed by atoms with Crippen LogP contribution >= 0.6 is 0 Å². The van der Waals surface area contributed by atoms with Crippen molar-refractivity contribution in [3.63, 3.8) is 0 Å². The van der Waals surface area contributed by atoms with Gasteiger partial charge in [-0.15, -0.1) is 0 Å². The molecule has 0 amide bonds. The molecular weight excluding hydrogens is 160 g/mol. The molecule has 2 rings (SSSR count). The molecule has 70 valence electrons. The van der Waals surface area contributed by atoms with Crippen molar-refractivity contribution in [1.82, 2.24) is 0 Å². The largest absolute Gasteiger partial charge is 0.290 e. The van der Waals surface area contributed by atoms with E-state index in [1.54, 1.807) is 6.08 Å². The summed E-state index contributed by atoms with van der Waals surface area (Å²) >= 11 is 0. The summed E-state index contributed by atoms with van der Waals surface area (Å²) in [7, 11) is 0. The van der Waals surface area contributed by atoms with Gasteiger partial charge in [-0.05, 0) is 41.7 Å². The van der Waals surface area contributed by atoms with Crippen molar-refractivity contribution in [2.45, 2.75) is 26.7 Å². The molecule has 0 bridgehead atoms. The molecular formula is C12H16O. The third-order valence-corrected chi connectivity index (χ3v) is 3.25. The Morgan fingerprint density at radius 2 is 2.08 bits per heavy atom. The van der Waals surface area contributed by atoms with Gasteiger partial charge < -0.3 is 0 Å². The van der Waals surface area contributed by atoms with Gasteiger partial charge in [0.1, 0.15) is 0 Å². The van der Waals surface area contributed by atoms with Gasteiger partial charge in [0.05, 0.1) is 0 Å². The van der Waals surface area contributed by atoms with Gasteiger partial charge in [0.15, 0.2) is 5.78 Å². The highest BCUT2D eigenvalue weighted by atomic mass is 16.1. The minimum absolute atomic E-state index is 0.131. The van der Waals surface area contributed by atoms with E-state index in [9.17, 15) is 4.79 Å². The lowest BCUT2D eigenvalue weighted by Gasteiger charge is -2.35. The maximum absolute atomic E-state index is 11.4. The van der Waals surface area contributed by atoms with Crippen LogP contribution in [0.25, 0.3) is 0 Å². The molecule has 1 atom stereocenters. The van der Waals surface area contributed by atoms with E-state index < -0.39 is 0 Å². The number of hydrogen-bond acceptors (Lipinski definition) is 1. The number of allylic oxidation sites excluding steroid dienone is 3. The predicted molar refractivity (Wildman–Crippen MR) is 53.3 cm³/mol. The highest BCUT2D eigenvalue weighted by Gasteiger charge is 2.44. The third kappa shape index (κ3) is 1.37. The second kappa shape index (κ2) is 2.57. The average Bonchev–Trinajstić information content (AvgIpc) is 2.81. The SMILES string of the molecule is C=C1C(=O)C=CC(C)(C)C1C1CC1. The summed E-state index contributed by atoms with van der Waals surface area (Å²) in [4.78, 5) is 11.4. The van der Waals surface area contributed by atoms with E-state index in [4.69, 9.17) is 0 Å². The molecule has 0 aromatic heterocycles. The second-order valence-electron chi connectivity index (χ2n) is 4.86. The Kier molecular flexibility index (Phi) is 1.73. The summed E-state index contributed by atoms with van der Waals surface area (Å²) in [5.74, 6) is 1.25. The number of ketones is 1. The minimum Gasteiger partial charge on any atom is -0.290 e. The van der Waals surface area contributed by atoms with Crippen LogP contribution in [0.1, 0.15) is 26.7 Å². The van der Waals surface area contributed by atoms with Crippen LogP contribution in [0.4, 0.5) is 0 Å². The molecule has 2 aliphatic carbocycles. The van der Waals surface area contributed by atoms with Crippen molar-refractivity contribution < 1.29 is 4.79 Å². The van der Waals surface area contributed by atoms with Crippen LogP contribution in [-0.2, 0) is 4.79 Å². The summed E-state index contributed by atoms with van der Waals surface area (Å²) in [5.41, 5.74) is 0.960. The molecule has 1 saturated carbocycles. The number of carbonyl (C=O) groups excluding carboxylic acids is 1. The van der Waals surface area contributed by atoms with Gasteiger partial charge in [-0.3, -0.25) is 4.79 Å². The number of carbonyl (C=O) groups is 1. The molecule has 0 heterocycles. The first-order chi connectivity index (χ1) is 6.02. The Morgan fingerprint density at radius 1 is 1.46 bits per heavy atom. The molecule has 0 aromatic carbocycles. The Labute approximate surface area is 79.5 Å². The monoisotopic (exact) mass is 176 g/mol. The van der Waals surface area contributed by atoms with Crippen molar-refractivity contribution in [1.29, 1.82) is 0 Å². The first-order valence-corrected chi connectivity index (χ1v) is 4.95. The van der Waals surface area contributed by atoms with E-state index in [2.05, 4.69) is 20.4 Å². The van der Waals surface area contributed by atoms with Crippen molar-refractivity contribution >= 4 is 5.78 Å². The van der Waals surface area contributed by atoms with Gasteiger partial charge in [0, 0.05) is 0 Å². The van der Waals surface area contributed by atoms with Crippen LogP contribution in [0.2, 0.25) is 0 Å². The zero-order valence-electron chi connectivity index (χ0n) is 8.34. The van der Waals surface area contributed by atoms with E-state index >= 15 is 0 Å². The Morgan fingerprint density at radius 3 is 2.62 bits per heavy atom. The molecule has 0 radical (unpaired) electrons. The van der Waals surface area contributed by atoms with Gasteiger partial charge in [0.2, 0.25) is 0 Å². The van der Waals surface area contributed by atoms with E-state index in [1.807, 2.05) is 6.08 Å². The maximum Gasteiger partial charge on any atom is 0.181 e. The lowest BCUT2D eigenvalue weighted by atomic mass is 9.68. The molecule has 13 heavy (non-hydrogen) atoms. The molecule has 1 nitrogen and oxygen atoms in total. The molecule has 0 aromatic rings. The number of rotatable bonds is 1. The van der Waals surface area contributed by atoms with Crippen molar-refractivity contribution in [2.24, 2.45) is 17.3 Å². The molecule has 1 fully saturated rings. The molecule has 2 aliphatic rings. The average molecular weight is 176 g/mol. The van der Waals surface area contributed by atoms with Gasteiger partial charge in [0.25, 0.3) is 0 Å². The Bertz CT molecular complexity index is 292. The highest BCUT2D eigenvalue weighted by Crippen LogP contribution is 2.51. The topological polar surface area (TPSA) is 17.1 Å². The summed E-state index contributed by atoms with van der Waals surface area (Å²) in [6.45, 7) is 8.33. The fourth-order valence-corrected chi connectivity index (χ4v) is 2.43. The van der Waals surface area contributed by atoms with Gasteiger partial charge >= 0.3 is 0 Å². The molecule has 0 saturated heterocycles. The summed E-state index contributed by atoms with van der Waals surface area (Å²) in [6, 6.07) is 0. The second-order valence-corrected chi connectivity index (χ2v) is 4.86. The smallest absolute Gasteiger partial charge is 0.181 e. The zero-order valence-corrected chi connectivity index (χ0v) is 8.34. The van der Waals surface area contributed by atoms with E-state index in [0.29, 0.717) is 5.92 Å².